The van der Waals surface area contributed by atoms with Gasteiger partial charge in [0.2, 0.25) is 0 Å². The molecule has 0 aliphatic carbocycles. The van der Waals surface area contributed by atoms with E-state index in [9.17, 15) is 14.0 Å². The van der Waals surface area contributed by atoms with Crippen LogP contribution in [0, 0.1) is 9.39 Å². The number of halogens is 2. The highest BCUT2D eigenvalue weighted by atomic mass is 127. The molecule has 7 heteroatoms. The van der Waals surface area contributed by atoms with Gasteiger partial charge in [0.05, 0.1) is 5.56 Å². The van der Waals surface area contributed by atoms with Gasteiger partial charge in [0.25, 0.3) is 5.91 Å². The predicted molar refractivity (Wildman–Crippen MR) is 59.3 cm³/mol. The zero-order valence-electron chi connectivity index (χ0n) is 7.38. The molecule has 0 unspecified atom stereocenters. The molecule has 0 spiro atoms. The first-order valence-electron chi connectivity index (χ1n) is 3.81. The van der Waals surface area contributed by atoms with Gasteiger partial charge in [-0.2, -0.15) is 0 Å². The summed E-state index contributed by atoms with van der Waals surface area (Å²) in [6.45, 7) is 0. The summed E-state index contributed by atoms with van der Waals surface area (Å²) < 4.78 is 13.1. The van der Waals surface area contributed by atoms with Crippen LogP contribution < -0.4 is 16.6 Å². The van der Waals surface area contributed by atoms with E-state index >= 15 is 0 Å². The van der Waals surface area contributed by atoms with Crippen molar-refractivity contribution in [3.63, 3.8) is 0 Å². The minimum Gasteiger partial charge on any atom is -0.350 e. The van der Waals surface area contributed by atoms with Crippen LogP contribution in [0.25, 0.3) is 0 Å². The van der Waals surface area contributed by atoms with Crippen LogP contribution in [0.1, 0.15) is 10.4 Å². The van der Waals surface area contributed by atoms with Crippen molar-refractivity contribution in [2.45, 2.75) is 0 Å². The Kier molecular flexibility index (Phi) is 3.83. The monoisotopic (exact) mass is 323 g/mol. The molecule has 3 amide bonds. The highest BCUT2D eigenvalue weighted by Crippen LogP contribution is 2.13. The maximum Gasteiger partial charge on any atom is 0.330 e. The predicted octanol–water partition coefficient (Wildman–Crippen LogP) is 0.743. The van der Waals surface area contributed by atoms with Gasteiger partial charge in [0, 0.05) is 3.57 Å². The molecule has 0 radical (unpaired) electrons. The highest BCUT2D eigenvalue weighted by Gasteiger charge is 2.10. The summed E-state index contributed by atoms with van der Waals surface area (Å²) in [5, 5.41) is 0. The summed E-state index contributed by atoms with van der Waals surface area (Å²) >= 11 is 1.81. The minimum absolute atomic E-state index is 0.255. The molecule has 0 aromatic heterocycles. The van der Waals surface area contributed by atoms with E-state index in [0.717, 1.165) is 6.07 Å². The van der Waals surface area contributed by atoms with E-state index in [4.69, 9.17) is 5.73 Å². The number of urea groups is 1. The van der Waals surface area contributed by atoms with E-state index in [1.165, 1.54) is 12.1 Å². The van der Waals surface area contributed by atoms with Crippen LogP contribution in [0.15, 0.2) is 18.2 Å². The van der Waals surface area contributed by atoms with E-state index in [2.05, 4.69) is 5.43 Å². The largest absolute Gasteiger partial charge is 0.350 e. The highest BCUT2D eigenvalue weighted by molar-refractivity contribution is 14.1. The van der Waals surface area contributed by atoms with Gasteiger partial charge in [-0.1, -0.05) is 0 Å². The van der Waals surface area contributed by atoms with Gasteiger partial charge in [0.15, 0.2) is 0 Å². The third-order valence-corrected chi connectivity index (χ3v) is 2.37. The molecule has 1 aromatic carbocycles. The first-order chi connectivity index (χ1) is 7.00. The Morgan fingerprint density at radius 2 is 2.00 bits per heavy atom. The van der Waals surface area contributed by atoms with Crippen molar-refractivity contribution in [2.24, 2.45) is 5.73 Å². The molecule has 0 saturated heterocycles. The summed E-state index contributed by atoms with van der Waals surface area (Å²) in [6.07, 6.45) is 0. The number of hydrogen-bond donors (Lipinski definition) is 3. The van der Waals surface area contributed by atoms with E-state index in [0.29, 0.717) is 3.57 Å². The Morgan fingerprint density at radius 1 is 1.33 bits per heavy atom. The molecular formula is C8H7FIN3O2. The molecule has 4 N–H and O–H groups in total. The van der Waals surface area contributed by atoms with Gasteiger partial charge in [-0.15, -0.1) is 0 Å². The fraction of sp³-hybridized carbons (Fsp3) is 0. The Morgan fingerprint density at radius 3 is 2.53 bits per heavy atom. The molecule has 1 rings (SSSR count). The molecule has 0 atom stereocenters. The van der Waals surface area contributed by atoms with Crippen molar-refractivity contribution >= 4 is 34.5 Å². The van der Waals surface area contributed by atoms with E-state index in [1.54, 1.807) is 0 Å². The molecule has 1 aromatic rings. The van der Waals surface area contributed by atoms with Gasteiger partial charge in [-0.05, 0) is 40.8 Å². The number of hydrazine groups is 1. The fourth-order valence-corrected chi connectivity index (χ4v) is 1.58. The molecule has 0 bridgehead atoms. The molecule has 0 heterocycles. The second-order valence-electron chi connectivity index (χ2n) is 2.57. The normalized spacial score (nSPS) is 9.47. The van der Waals surface area contributed by atoms with Gasteiger partial charge in [-0.25, -0.2) is 14.6 Å². The lowest BCUT2D eigenvalue weighted by Gasteiger charge is -2.06. The lowest BCUT2D eigenvalue weighted by Crippen LogP contribution is -2.44. The molecular weight excluding hydrogens is 316 g/mol. The van der Waals surface area contributed by atoms with E-state index < -0.39 is 17.8 Å². The van der Waals surface area contributed by atoms with Crippen LogP contribution in [0.2, 0.25) is 0 Å². The first-order valence-corrected chi connectivity index (χ1v) is 4.89. The SMILES string of the molecule is NC(=O)NNC(=O)c1ccc(F)cc1I. The summed E-state index contributed by atoms with van der Waals surface area (Å²) in [7, 11) is 0. The third kappa shape index (κ3) is 3.35. The number of nitrogens with two attached hydrogens (primary N) is 1. The molecule has 15 heavy (non-hydrogen) atoms. The summed E-state index contributed by atoms with van der Waals surface area (Å²) in [5.74, 6) is -0.989. The maximum absolute atomic E-state index is 12.7. The molecule has 80 valence electrons. The lowest BCUT2D eigenvalue weighted by atomic mass is 10.2. The van der Waals surface area contributed by atoms with Gasteiger partial charge in [-0.3, -0.25) is 10.2 Å². The number of primary amides is 1. The molecule has 0 aliphatic rings. The summed E-state index contributed by atoms with van der Waals surface area (Å²) in [5.41, 5.74) is 9.01. The van der Waals surface area contributed by atoms with Crippen molar-refractivity contribution in [1.82, 2.24) is 10.9 Å². The molecule has 5 nitrogen and oxygen atoms in total. The quantitative estimate of drug-likeness (QED) is 0.526. The average molecular weight is 323 g/mol. The Balaban J connectivity index is 2.78. The van der Waals surface area contributed by atoms with Gasteiger partial charge < -0.3 is 5.73 Å². The van der Waals surface area contributed by atoms with Crippen LogP contribution in [-0.4, -0.2) is 11.9 Å². The second kappa shape index (κ2) is 4.91. The van der Waals surface area contributed by atoms with Crippen LogP contribution >= 0.6 is 22.6 Å². The number of rotatable bonds is 1. The Labute approximate surface area is 98.3 Å². The van der Waals surface area contributed by atoms with Crippen LogP contribution in [0.4, 0.5) is 9.18 Å². The van der Waals surface area contributed by atoms with Crippen molar-refractivity contribution in [3.05, 3.63) is 33.1 Å². The molecule has 0 aliphatic heterocycles. The van der Waals surface area contributed by atoms with Crippen molar-refractivity contribution < 1.29 is 14.0 Å². The number of carbonyl (C=O) groups is 2. The van der Waals surface area contributed by atoms with Crippen LogP contribution in [0.3, 0.4) is 0 Å². The van der Waals surface area contributed by atoms with Gasteiger partial charge in [0.1, 0.15) is 5.82 Å². The van der Waals surface area contributed by atoms with Crippen LogP contribution in [0.5, 0.6) is 0 Å². The number of benzene rings is 1. The average Bonchev–Trinajstić information content (AvgIpc) is 2.14. The minimum atomic E-state index is -0.875. The zero-order valence-corrected chi connectivity index (χ0v) is 9.54. The van der Waals surface area contributed by atoms with E-state index in [-0.39, 0.29) is 5.56 Å². The standard InChI is InChI=1S/C8H7FIN3O2/c9-4-1-2-5(6(10)3-4)7(14)12-13-8(11)15/h1-3H,(H,12,14)(H3,11,13,15). The Hall–Kier alpha value is -1.38. The maximum atomic E-state index is 12.7. The van der Waals surface area contributed by atoms with Crippen molar-refractivity contribution in [3.8, 4) is 0 Å². The summed E-state index contributed by atoms with van der Waals surface area (Å²) in [4.78, 5) is 21.7. The number of hydrogen-bond acceptors (Lipinski definition) is 2. The lowest BCUT2D eigenvalue weighted by molar-refractivity contribution is 0.0936. The number of nitrogens with one attached hydrogen (secondary N) is 2. The van der Waals surface area contributed by atoms with Gasteiger partial charge >= 0.3 is 6.03 Å². The van der Waals surface area contributed by atoms with Crippen molar-refractivity contribution in [1.29, 1.82) is 0 Å². The third-order valence-electron chi connectivity index (χ3n) is 1.47. The topological polar surface area (TPSA) is 84.2 Å². The summed E-state index contributed by atoms with van der Waals surface area (Å²) in [6, 6.07) is 2.80. The van der Waals surface area contributed by atoms with Crippen molar-refractivity contribution in [2.75, 3.05) is 0 Å². The smallest absolute Gasteiger partial charge is 0.330 e. The molecule has 0 saturated carbocycles. The number of amides is 3. The fourth-order valence-electron chi connectivity index (χ4n) is 0.859. The zero-order chi connectivity index (χ0) is 11.4. The molecule has 0 fully saturated rings. The Bertz CT molecular complexity index is 411. The van der Waals surface area contributed by atoms with E-state index in [1.807, 2.05) is 28.0 Å². The number of carbonyl (C=O) groups excluding carboxylic acids is 2. The second-order valence-corrected chi connectivity index (χ2v) is 3.73. The van der Waals surface area contributed by atoms with Crippen LogP contribution in [-0.2, 0) is 0 Å². The first kappa shape index (κ1) is 11.7.